The summed E-state index contributed by atoms with van der Waals surface area (Å²) in [6.45, 7) is 1.55. The highest BCUT2D eigenvalue weighted by Crippen LogP contribution is 2.16. The molecule has 0 atom stereocenters. The minimum Gasteiger partial charge on any atom is -0.337 e. The van der Waals surface area contributed by atoms with Crippen LogP contribution in [-0.4, -0.2) is 28.9 Å². The molecule has 0 unspecified atom stereocenters. The van der Waals surface area contributed by atoms with Crippen LogP contribution in [0.25, 0.3) is 0 Å². The van der Waals surface area contributed by atoms with Gasteiger partial charge >= 0.3 is 0 Å². The fraction of sp³-hybridized carbons (Fsp3) is 0.455. The van der Waals surface area contributed by atoms with Gasteiger partial charge in [0.05, 0.1) is 0 Å². The predicted molar refractivity (Wildman–Crippen MR) is 61.6 cm³/mol. The predicted octanol–water partition coefficient (Wildman–Crippen LogP) is 2.61. The third-order valence-electron chi connectivity index (χ3n) is 2.67. The molecule has 2 heterocycles. The first-order chi connectivity index (χ1) is 7.68. The van der Waals surface area contributed by atoms with E-state index in [9.17, 15) is 9.18 Å². The molecule has 3 nitrogen and oxygen atoms in total. The third-order valence-corrected chi connectivity index (χ3v) is 3.22. The van der Waals surface area contributed by atoms with Gasteiger partial charge in [0.1, 0.15) is 10.3 Å². The molecule has 2 rings (SSSR count). The summed E-state index contributed by atoms with van der Waals surface area (Å²) in [5.74, 6) is -0.560. The van der Waals surface area contributed by atoms with Crippen LogP contribution >= 0.6 is 15.9 Å². The van der Waals surface area contributed by atoms with Gasteiger partial charge < -0.3 is 4.90 Å². The van der Waals surface area contributed by atoms with E-state index in [0.717, 1.165) is 25.9 Å². The quantitative estimate of drug-likeness (QED) is 0.744. The Kier molecular flexibility index (Phi) is 3.53. The van der Waals surface area contributed by atoms with Crippen molar-refractivity contribution in [2.75, 3.05) is 13.1 Å². The van der Waals surface area contributed by atoms with Crippen LogP contribution in [0.4, 0.5) is 4.39 Å². The molecule has 0 N–H and O–H groups in total. The van der Waals surface area contributed by atoms with Crippen LogP contribution in [0.1, 0.15) is 29.8 Å². The number of rotatable bonds is 1. The van der Waals surface area contributed by atoms with Crippen molar-refractivity contribution >= 4 is 21.8 Å². The second-order valence-electron chi connectivity index (χ2n) is 3.82. The maximum absolute atomic E-state index is 13.0. The Balaban J connectivity index is 2.16. The summed E-state index contributed by atoms with van der Waals surface area (Å²) in [5, 5.41) is 0. The Hall–Kier alpha value is -0.970. The van der Waals surface area contributed by atoms with Crippen molar-refractivity contribution in [2.24, 2.45) is 0 Å². The Morgan fingerprint density at radius 1 is 1.31 bits per heavy atom. The van der Waals surface area contributed by atoms with Crippen LogP contribution in [0, 0.1) is 5.82 Å². The number of piperidine rings is 1. The van der Waals surface area contributed by atoms with E-state index < -0.39 is 5.82 Å². The van der Waals surface area contributed by atoms with Crippen molar-refractivity contribution in [3.05, 3.63) is 28.2 Å². The smallest absolute Gasteiger partial charge is 0.272 e. The lowest BCUT2D eigenvalue weighted by Crippen LogP contribution is -2.36. The molecule has 0 saturated carbocycles. The Bertz CT molecular complexity index is 405. The van der Waals surface area contributed by atoms with Crippen molar-refractivity contribution in [1.29, 1.82) is 0 Å². The average molecular weight is 287 g/mol. The van der Waals surface area contributed by atoms with E-state index in [2.05, 4.69) is 20.9 Å². The van der Waals surface area contributed by atoms with Gasteiger partial charge in [-0.2, -0.15) is 0 Å². The van der Waals surface area contributed by atoms with Gasteiger partial charge in [-0.15, -0.1) is 0 Å². The molecule has 1 amide bonds. The fourth-order valence-corrected chi connectivity index (χ4v) is 2.12. The summed E-state index contributed by atoms with van der Waals surface area (Å²) in [5.41, 5.74) is 0.301. The molecule has 1 aliphatic rings. The number of likely N-dealkylation sites (tertiary alicyclic amines) is 1. The highest BCUT2D eigenvalue weighted by molar-refractivity contribution is 9.10. The highest BCUT2D eigenvalue weighted by atomic mass is 79.9. The Morgan fingerprint density at radius 3 is 2.62 bits per heavy atom. The van der Waals surface area contributed by atoms with Crippen molar-refractivity contribution in [3.8, 4) is 0 Å². The maximum Gasteiger partial charge on any atom is 0.272 e. The number of pyridine rings is 1. The average Bonchev–Trinajstić information content (AvgIpc) is 2.33. The lowest BCUT2D eigenvalue weighted by molar-refractivity contribution is 0.0718. The zero-order chi connectivity index (χ0) is 11.5. The third kappa shape index (κ3) is 2.40. The summed E-state index contributed by atoms with van der Waals surface area (Å²) >= 11 is 2.98. The number of hydrogen-bond donors (Lipinski definition) is 0. The van der Waals surface area contributed by atoms with Gasteiger partial charge in [-0.1, -0.05) is 0 Å². The van der Waals surface area contributed by atoms with E-state index in [1.54, 1.807) is 4.90 Å². The van der Waals surface area contributed by atoms with Gasteiger partial charge in [-0.25, -0.2) is 9.37 Å². The normalized spacial score (nSPS) is 16.2. The van der Waals surface area contributed by atoms with Gasteiger partial charge in [-0.3, -0.25) is 4.79 Å². The molecule has 16 heavy (non-hydrogen) atoms. The zero-order valence-corrected chi connectivity index (χ0v) is 10.3. The van der Waals surface area contributed by atoms with Crippen LogP contribution < -0.4 is 0 Å². The van der Waals surface area contributed by atoms with Gasteiger partial charge in [0.2, 0.25) is 0 Å². The number of halogens is 2. The summed E-state index contributed by atoms with van der Waals surface area (Å²) in [6.07, 6.45) is 3.24. The first-order valence-electron chi connectivity index (χ1n) is 5.30. The first-order valence-corrected chi connectivity index (χ1v) is 6.09. The van der Waals surface area contributed by atoms with Crippen molar-refractivity contribution < 1.29 is 9.18 Å². The van der Waals surface area contributed by atoms with Crippen LogP contribution in [0.2, 0.25) is 0 Å². The lowest BCUT2D eigenvalue weighted by Gasteiger charge is -2.26. The molecule has 0 spiro atoms. The van der Waals surface area contributed by atoms with Crippen LogP contribution in [-0.2, 0) is 0 Å². The highest BCUT2D eigenvalue weighted by Gasteiger charge is 2.19. The summed E-state index contributed by atoms with van der Waals surface area (Å²) in [6, 6.07) is 2.69. The molecule has 1 saturated heterocycles. The Labute approximate surface area is 102 Å². The SMILES string of the molecule is O=C(c1ccc(F)c(Br)n1)N1CCCCC1. The molecule has 0 bridgehead atoms. The van der Waals surface area contributed by atoms with Crippen molar-refractivity contribution in [2.45, 2.75) is 19.3 Å². The zero-order valence-electron chi connectivity index (χ0n) is 8.75. The van der Waals surface area contributed by atoms with E-state index in [-0.39, 0.29) is 10.5 Å². The number of nitrogens with zero attached hydrogens (tertiary/aromatic N) is 2. The van der Waals surface area contributed by atoms with Gasteiger partial charge in [0.15, 0.2) is 5.82 Å². The second-order valence-corrected chi connectivity index (χ2v) is 4.57. The molecule has 0 aliphatic carbocycles. The first kappa shape index (κ1) is 11.5. The van der Waals surface area contributed by atoms with Gasteiger partial charge in [-0.05, 0) is 47.3 Å². The van der Waals surface area contributed by atoms with E-state index in [0.29, 0.717) is 5.69 Å². The molecule has 86 valence electrons. The van der Waals surface area contributed by atoms with Gasteiger partial charge in [0, 0.05) is 13.1 Å². The van der Waals surface area contributed by atoms with Gasteiger partial charge in [0.25, 0.3) is 5.91 Å². The second kappa shape index (κ2) is 4.91. The number of hydrogen-bond acceptors (Lipinski definition) is 2. The molecule has 5 heteroatoms. The summed E-state index contributed by atoms with van der Waals surface area (Å²) in [4.78, 5) is 17.7. The molecule has 1 aromatic heterocycles. The van der Waals surface area contributed by atoms with Crippen molar-refractivity contribution in [1.82, 2.24) is 9.88 Å². The largest absolute Gasteiger partial charge is 0.337 e. The molecule has 1 aliphatic heterocycles. The standard InChI is InChI=1S/C11H12BrFN2O/c12-10-8(13)4-5-9(14-10)11(16)15-6-2-1-3-7-15/h4-5H,1-3,6-7H2. The number of carbonyl (C=O) groups is 1. The minimum absolute atomic E-state index is 0.0929. The maximum atomic E-state index is 13.0. The lowest BCUT2D eigenvalue weighted by atomic mass is 10.1. The molecule has 0 aromatic carbocycles. The molecule has 0 radical (unpaired) electrons. The summed E-state index contributed by atoms with van der Waals surface area (Å²) in [7, 11) is 0. The van der Waals surface area contributed by atoms with E-state index >= 15 is 0 Å². The van der Waals surface area contributed by atoms with Crippen LogP contribution in [0.15, 0.2) is 16.7 Å². The van der Waals surface area contributed by atoms with E-state index in [4.69, 9.17) is 0 Å². The van der Waals surface area contributed by atoms with E-state index in [1.165, 1.54) is 18.6 Å². The van der Waals surface area contributed by atoms with Crippen LogP contribution in [0.3, 0.4) is 0 Å². The topological polar surface area (TPSA) is 33.2 Å². The van der Waals surface area contributed by atoms with Crippen LogP contribution in [0.5, 0.6) is 0 Å². The van der Waals surface area contributed by atoms with Crippen molar-refractivity contribution in [3.63, 3.8) is 0 Å². The minimum atomic E-state index is -0.449. The Morgan fingerprint density at radius 2 is 2.00 bits per heavy atom. The number of aromatic nitrogens is 1. The molecule has 1 fully saturated rings. The molecular formula is C11H12BrFN2O. The molecule has 1 aromatic rings. The number of amides is 1. The monoisotopic (exact) mass is 286 g/mol. The fourth-order valence-electron chi connectivity index (χ4n) is 1.80. The van der Waals surface area contributed by atoms with E-state index in [1.807, 2.05) is 0 Å². The summed E-state index contributed by atoms with van der Waals surface area (Å²) < 4.78 is 13.1. The molecular weight excluding hydrogens is 275 g/mol. The number of carbonyl (C=O) groups excluding carboxylic acids is 1.